The Balaban J connectivity index is 1.53. The number of nitro groups is 1. The number of benzene rings is 2. The van der Waals surface area contributed by atoms with Crippen LogP contribution < -0.4 is 10.2 Å². The summed E-state index contributed by atoms with van der Waals surface area (Å²) in [4.78, 5) is 25.3. The van der Waals surface area contributed by atoms with Crippen LogP contribution in [0.2, 0.25) is 0 Å². The third-order valence-electron chi connectivity index (χ3n) is 5.30. The number of non-ortho nitro benzene ring substituents is 1. The Morgan fingerprint density at radius 1 is 1.10 bits per heavy atom. The molecule has 2 aromatic rings. The van der Waals surface area contributed by atoms with E-state index in [0.717, 1.165) is 11.4 Å². The van der Waals surface area contributed by atoms with Gasteiger partial charge >= 0.3 is 0 Å². The average molecular weight is 415 g/mol. The first-order valence-corrected chi connectivity index (χ1v) is 11.0. The molecule has 1 atom stereocenters. The van der Waals surface area contributed by atoms with Crippen molar-refractivity contribution in [3.8, 4) is 0 Å². The van der Waals surface area contributed by atoms with E-state index < -0.39 is 4.92 Å². The molecule has 154 valence electrons. The summed E-state index contributed by atoms with van der Waals surface area (Å²) < 4.78 is 0. The highest BCUT2D eigenvalue weighted by Gasteiger charge is 2.18. The maximum absolute atomic E-state index is 12.6. The summed E-state index contributed by atoms with van der Waals surface area (Å²) in [5.74, 6) is -0.0338. The van der Waals surface area contributed by atoms with E-state index in [1.54, 1.807) is 17.0 Å². The van der Waals surface area contributed by atoms with Crippen LogP contribution in [0.15, 0.2) is 53.4 Å². The SMILES string of the molecule is C[C@@H](Sc1ccc([N+](=O)[O-])cc1)C(=O)NCc1ccccc1C[NH+]1CCCCC1. The average Bonchev–Trinajstić information content (AvgIpc) is 2.74. The predicted octanol–water partition coefficient (Wildman–Crippen LogP) is 2.96. The highest BCUT2D eigenvalue weighted by molar-refractivity contribution is 8.00. The number of amides is 1. The van der Waals surface area contributed by atoms with Crippen LogP contribution >= 0.6 is 11.8 Å². The van der Waals surface area contributed by atoms with Gasteiger partial charge in [-0.05, 0) is 43.9 Å². The van der Waals surface area contributed by atoms with Crippen molar-refractivity contribution in [2.24, 2.45) is 0 Å². The number of nitrogens with zero attached hydrogens (tertiary/aromatic N) is 1. The van der Waals surface area contributed by atoms with Crippen molar-refractivity contribution in [3.05, 3.63) is 69.8 Å². The number of hydrogen-bond acceptors (Lipinski definition) is 4. The number of nitro benzene ring substituents is 1. The normalized spacial score (nSPS) is 15.6. The molecule has 1 amide bonds. The highest BCUT2D eigenvalue weighted by Crippen LogP contribution is 2.25. The summed E-state index contributed by atoms with van der Waals surface area (Å²) in [6.45, 7) is 5.84. The molecule has 29 heavy (non-hydrogen) atoms. The Hall–Kier alpha value is -2.38. The minimum Gasteiger partial charge on any atom is -0.351 e. The molecule has 0 spiro atoms. The van der Waals surface area contributed by atoms with Gasteiger partial charge in [0.2, 0.25) is 5.91 Å². The van der Waals surface area contributed by atoms with Crippen LogP contribution in [0.5, 0.6) is 0 Å². The quantitative estimate of drug-likeness (QED) is 0.396. The summed E-state index contributed by atoms with van der Waals surface area (Å²) in [5.41, 5.74) is 2.53. The predicted molar refractivity (Wildman–Crippen MR) is 115 cm³/mol. The molecule has 0 bridgehead atoms. The first-order valence-electron chi connectivity index (χ1n) is 10.1. The van der Waals surface area contributed by atoms with Gasteiger partial charge in [0.05, 0.1) is 23.3 Å². The molecule has 2 aromatic carbocycles. The van der Waals surface area contributed by atoms with Gasteiger partial charge in [0.1, 0.15) is 6.54 Å². The van der Waals surface area contributed by atoms with E-state index in [1.807, 2.05) is 13.0 Å². The minimum absolute atomic E-state index is 0.0338. The Morgan fingerprint density at radius 2 is 1.76 bits per heavy atom. The standard InChI is InChI=1S/C22H27N3O3S/c1-17(29-21-11-9-20(10-12-21)25(27)28)22(26)23-15-18-7-3-4-8-19(18)16-24-13-5-2-6-14-24/h3-4,7-12,17H,2,5-6,13-16H2,1H3,(H,23,26)/p+1/t17-/m1/s1. The fourth-order valence-corrected chi connectivity index (χ4v) is 4.52. The Morgan fingerprint density at radius 3 is 2.41 bits per heavy atom. The smallest absolute Gasteiger partial charge is 0.269 e. The van der Waals surface area contributed by atoms with Crippen LogP contribution in [0.3, 0.4) is 0 Å². The Bertz CT molecular complexity index is 835. The van der Waals surface area contributed by atoms with Gasteiger partial charge in [0.15, 0.2) is 0 Å². The lowest BCUT2D eigenvalue weighted by Gasteiger charge is -2.24. The number of hydrogen-bond donors (Lipinski definition) is 2. The number of likely N-dealkylation sites (tertiary alicyclic amines) is 1. The molecule has 0 aliphatic carbocycles. The Labute approximate surface area is 175 Å². The lowest BCUT2D eigenvalue weighted by molar-refractivity contribution is -0.918. The molecule has 6 nitrogen and oxygen atoms in total. The molecule has 1 heterocycles. The van der Waals surface area contributed by atoms with Gasteiger partial charge in [-0.15, -0.1) is 11.8 Å². The van der Waals surface area contributed by atoms with Crippen LogP contribution in [0.25, 0.3) is 0 Å². The molecule has 0 unspecified atom stereocenters. The van der Waals surface area contributed by atoms with Crippen molar-refractivity contribution < 1.29 is 14.6 Å². The largest absolute Gasteiger partial charge is 0.351 e. The van der Waals surface area contributed by atoms with Gasteiger partial charge in [-0.25, -0.2) is 0 Å². The fraction of sp³-hybridized carbons (Fsp3) is 0.409. The topological polar surface area (TPSA) is 76.7 Å². The molecule has 2 N–H and O–H groups in total. The monoisotopic (exact) mass is 414 g/mol. The number of carbonyl (C=O) groups excluding carboxylic acids is 1. The lowest BCUT2D eigenvalue weighted by Crippen LogP contribution is -3.11. The molecule has 1 aliphatic heterocycles. The van der Waals surface area contributed by atoms with E-state index in [9.17, 15) is 14.9 Å². The molecular weight excluding hydrogens is 386 g/mol. The van der Waals surface area contributed by atoms with Crippen molar-refractivity contribution in [3.63, 3.8) is 0 Å². The van der Waals surface area contributed by atoms with Crippen LogP contribution in [0.4, 0.5) is 5.69 Å². The third kappa shape index (κ3) is 6.30. The zero-order chi connectivity index (χ0) is 20.6. The van der Waals surface area contributed by atoms with Gasteiger partial charge < -0.3 is 10.2 Å². The third-order valence-corrected chi connectivity index (χ3v) is 6.41. The van der Waals surface area contributed by atoms with Gasteiger partial charge in [0, 0.05) is 29.1 Å². The zero-order valence-electron chi connectivity index (χ0n) is 16.7. The number of quaternary nitrogens is 1. The van der Waals surface area contributed by atoms with Crippen molar-refractivity contribution in [2.45, 2.75) is 49.4 Å². The van der Waals surface area contributed by atoms with Crippen LogP contribution in [-0.4, -0.2) is 29.2 Å². The number of nitrogens with one attached hydrogen (secondary N) is 2. The zero-order valence-corrected chi connectivity index (χ0v) is 17.5. The first kappa shape index (κ1) is 21.3. The second kappa shape index (κ2) is 10.4. The number of rotatable bonds is 8. The van der Waals surface area contributed by atoms with E-state index in [1.165, 1.54) is 67.4 Å². The van der Waals surface area contributed by atoms with Gasteiger partial charge in [-0.3, -0.25) is 14.9 Å². The van der Waals surface area contributed by atoms with Gasteiger partial charge in [-0.2, -0.15) is 0 Å². The molecule has 1 aliphatic rings. The maximum Gasteiger partial charge on any atom is 0.269 e. The molecule has 3 rings (SSSR count). The lowest BCUT2D eigenvalue weighted by atomic mass is 10.0. The Kier molecular flexibility index (Phi) is 7.66. The highest BCUT2D eigenvalue weighted by atomic mass is 32.2. The number of carbonyl (C=O) groups is 1. The molecular formula is C22H28N3O3S+. The summed E-state index contributed by atoms with van der Waals surface area (Å²) in [6, 6.07) is 14.6. The van der Waals surface area contributed by atoms with Crippen molar-refractivity contribution >= 4 is 23.4 Å². The number of thioether (sulfide) groups is 1. The van der Waals surface area contributed by atoms with E-state index in [-0.39, 0.29) is 16.8 Å². The molecule has 0 aromatic heterocycles. The van der Waals surface area contributed by atoms with Crippen LogP contribution in [0, 0.1) is 10.1 Å². The van der Waals surface area contributed by atoms with Crippen molar-refractivity contribution in [1.29, 1.82) is 0 Å². The summed E-state index contributed by atoms with van der Waals surface area (Å²) in [5, 5.41) is 13.5. The second-order valence-electron chi connectivity index (χ2n) is 7.49. The van der Waals surface area contributed by atoms with E-state index >= 15 is 0 Å². The van der Waals surface area contributed by atoms with Crippen molar-refractivity contribution in [1.82, 2.24) is 5.32 Å². The summed E-state index contributed by atoms with van der Waals surface area (Å²) in [7, 11) is 0. The molecule has 0 radical (unpaired) electrons. The summed E-state index contributed by atoms with van der Waals surface area (Å²) in [6.07, 6.45) is 3.93. The van der Waals surface area contributed by atoms with Gasteiger partial charge in [0.25, 0.3) is 5.69 Å². The van der Waals surface area contributed by atoms with Crippen molar-refractivity contribution in [2.75, 3.05) is 13.1 Å². The van der Waals surface area contributed by atoms with Gasteiger partial charge in [-0.1, -0.05) is 24.3 Å². The van der Waals surface area contributed by atoms with Crippen LogP contribution in [-0.2, 0) is 17.9 Å². The molecule has 0 saturated carbocycles. The second-order valence-corrected chi connectivity index (χ2v) is 8.90. The number of piperidine rings is 1. The maximum atomic E-state index is 12.6. The molecule has 7 heteroatoms. The molecule has 1 saturated heterocycles. The first-order chi connectivity index (χ1) is 14.0. The van der Waals surface area contributed by atoms with Crippen LogP contribution in [0.1, 0.15) is 37.3 Å². The fourth-order valence-electron chi connectivity index (χ4n) is 3.63. The van der Waals surface area contributed by atoms with E-state index in [0.29, 0.717) is 6.54 Å². The molecule has 1 fully saturated rings. The van der Waals surface area contributed by atoms with E-state index in [2.05, 4.69) is 23.5 Å². The minimum atomic E-state index is -0.423. The summed E-state index contributed by atoms with van der Waals surface area (Å²) >= 11 is 1.40. The van der Waals surface area contributed by atoms with E-state index in [4.69, 9.17) is 0 Å².